The van der Waals surface area contributed by atoms with Crippen LogP contribution in [0.25, 0.3) is 0 Å². The highest BCUT2D eigenvalue weighted by atomic mass is 32.2. The monoisotopic (exact) mass is 672 g/mol. The molecule has 4 aromatic rings. The number of aromatic nitrogens is 1. The number of amides is 3. The Balaban J connectivity index is 1.36. The average Bonchev–Trinajstić information content (AvgIpc) is 3.51. The maximum Gasteiger partial charge on any atom is 0.338 e. The molecule has 1 aromatic heterocycles. The maximum absolute atomic E-state index is 14.2. The summed E-state index contributed by atoms with van der Waals surface area (Å²) in [5, 5.41) is 2.46. The van der Waals surface area contributed by atoms with Gasteiger partial charge in [0, 0.05) is 36.3 Å². The molecule has 1 N–H and O–H groups in total. The molecule has 0 radical (unpaired) electrons. The Hall–Kier alpha value is -4.88. The van der Waals surface area contributed by atoms with Gasteiger partial charge in [-0.05, 0) is 73.2 Å². The minimum Gasteiger partial charge on any atom is -0.497 e. The van der Waals surface area contributed by atoms with Crippen molar-refractivity contribution >= 4 is 63.9 Å². The van der Waals surface area contributed by atoms with Crippen LogP contribution in [0.4, 0.5) is 17.1 Å². The normalized spacial score (nSPS) is 18.4. The summed E-state index contributed by atoms with van der Waals surface area (Å²) >= 11 is 2.13. The number of nitrogens with zero attached hydrogens (tertiary/aromatic N) is 3. The van der Waals surface area contributed by atoms with Crippen LogP contribution in [-0.4, -0.2) is 61.3 Å². The molecule has 0 bridgehead atoms. The number of thiazole rings is 1. The molecule has 3 aromatic carbocycles. The molecule has 3 amide bonds. The second-order valence-electron chi connectivity index (χ2n) is 11.2. The molecule has 3 atom stereocenters. The van der Waals surface area contributed by atoms with Crippen molar-refractivity contribution < 1.29 is 28.7 Å². The van der Waals surface area contributed by atoms with Crippen LogP contribution < -0.4 is 24.7 Å². The number of methoxy groups -OCH3 is 1. The summed E-state index contributed by atoms with van der Waals surface area (Å²) in [6.45, 7) is 1.66. The zero-order chi connectivity index (χ0) is 33.4. The van der Waals surface area contributed by atoms with Crippen LogP contribution >= 0.6 is 23.1 Å². The van der Waals surface area contributed by atoms with Crippen molar-refractivity contribution in [3.05, 3.63) is 98.5 Å². The molecule has 0 spiro atoms. The van der Waals surface area contributed by atoms with E-state index in [9.17, 15) is 24.0 Å². The third kappa shape index (κ3) is 6.03. The molecule has 6 rings (SSSR count). The van der Waals surface area contributed by atoms with Gasteiger partial charge in [-0.15, -0.1) is 0 Å². The van der Waals surface area contributed by atoms with Gasteiger partial charge in [0.2, 0.25) is 17.7 Å². The molecule has 0 aliphatic carbocycles. The molecule has 13 heteroatoms. The SMILES string of the molecule is CCOC(=O)c1ccc(N2C(=O)C3Sc4c(sc(=O)n4CC(=O)Nc4ccc(OC)cc4)[C@H](c4ccc(N(C)C)cc4)C3C2=O)cc1. The molecular weight excluding hydrogens is 641 g/mol. The molecule has 2 aliphatic heterocycles. The van der Waals surface area contributed by atoms with Crippen molar-refractivity contribution in [1.29, 1.82) is 0 Å². The minimum atomic E-state index is -0.844. The third-order valence-electron chi connectivity index (χ3n) is 8.13. The van der Waals surface area contributed by atoms with E-state index >= 15 is 0 Å². The first-order chi connectivity index (χ1) is 22.6. The summed E-state index contributed by atoms with van der Waals surface area (Å²) in [5.74, 6) is -2.49. The topological polar surface area (TPSA) is 127 Å². The fraction of sp³-hybridized carbons (Fsp3) is 0.265. The van der Waals surface area contributed by atoms with E-state index in [0.29, 0.717) is 32.6 Å². The van der Waals surface area contributed by atoms with Crippen molar-refractivity contribution in [3.8, 4) is 5.75 Å². The Morgan fingerprint density at radius 1 is 0.915 bits per heavy atom. The van der Waals surface area contributed by atoms with E-state index in [-0.39, 0.29) is 18.0 Å². The van der Waals surface area contributed by atoms with Crippen molar-refractivity contribution in [3.63, 3.8) is 0 Å². The van der Waals surface area contributed by atoms with Gasteiger partial charge in [0.15, 0.2) is 0 Å². The van der Waals surface area contributed by atoms with Crippen LogP contribution in [0.3, 0.4) is 0 Å². The summed E-state index contributed by atoms with van der Waals surface area (Å²) < 4.78 is 11.6. The number of fused-ring (bicyclic) bond motifs is 2. The van der Waals surface area contributed by atoms with E-state index in [4.69, 9.17) is 9.47 Å². The van der Waals surface area contributed by atoms with Crippen LogP contribution in [0.1, 0.15) is 33.6 Å². The zero-order valence-electron chi connectivity index (χ0n) is 26.1. The van der Waals surface area contributed by atoms with Gasteiger partial charge in [-0.3, -0.25) is 23.7 Å². The van der Waals surface area contributed by atoms with E-state index in [1.165, 1.54) is 16.7 Å². The standard InChI is InChI=1S/C34H32N4O7S2/c1-5-45-33(42)20-8-14-23(15-9-20)38-30(40)27-26(19-6-12-22(13-7-19)36(2)3)29-32(46-28(27)31(38)41)37(34(43)47-29)18-25(39)35-21-10-16-24(44-4)17-11-21/h6-17,26-28H,5,18H2,1-4H3,(H,35,39)/t26-,27?,28?/m1/s1. The second kappa shape index (κ2) is 13.1. The van der Waals surface area contributed by atoms with Crippen molar-refractivity contribution in [2.24, 2.45) is 5.92 Å². The molecule has 2 unspecified atom stereocenters. The number of hydrogen-bond donors (Lipinski definition) is 1. The largest absolute Gasteiger partial charge is 0.497 e. The van der Waals surface area contributed by atoms with Gasteiger partial charge in [-0.2, -0.15) is 0 Å². The van der Waals surface area contributed by atoms with Gasteiger partial charge >= 0.3 is 10.8 Å². The Labute approximate surface area is 279 Å². The van der Waals surface area contributed by atoms with E-state index in [1.807, 2.05) is 43.3 Å². The molecule has 1 fully saturated rings. The lowest BCUT2D eigenvalue weighted by molar-refractivity contribution is -0.122. The number of ether oxygens (including phenoxy) is 2. The molecule has 2 aliphatic rings. The first-order valence-electron chi connectivity index (χ1n) is 14.9. The van der Waals surface area contributed by atoms with E-state index in [1.54, 1.807) is 50.4 Å². The number of benzene rings is 3. The Morgan fingerprint density at radius 3 is 2.21 bits per heavy atom. The lowest BCUT2D eigenvalue weighted by Crippen LogP contribution is -2.33. The predicted octanol–water partition coefficient (Wildman–Crippen LogP) is 4.60. The van der Waals surface area contributed by atoms with Gasteiger partial charge in [0.05, 0.1) is 35.9 Å². The van der Waals surface area contributed by atoms with Crippen LogP contribution in [0.15, 0.2) is 82.6 Å². The van der Waals surface area contributed by atoms with Crippen molar-refractivity contribution in [2.45, 2.75) is 29.7 Å². The van der Waals surface area contributed by atoms with E-state index in [2.05, 4.69) is 5.32 Å². The Kier molecular flexibility index (Phi) is 8.93. The van der Waals surface area contributed by atoms with Gasteiger partial charge in [0.1, 0.15) is 17.5 Å². The zero-order valence-corrected chi connectivity index (χ0v) is 27.7. The van der Waals surface area contributed by atoms with E-state index in [0.717, 1.165) is 39.2 Å². The number of rotatable bonds is 9. The molecule has 242 valence electrons. The lowest BCUT2D eigenvalue weighted by atomic mass is 9.83. The fourth-order valence-corrected chi connectivity index (χ4v) is 8.60. The van der Waals surface area contributed by atoms with Gasteiger partial charge < -0.3 is 19.7 Å². The van der Waals surface area contributed by atoms with Crippen LogP contribution in [-0.2, 0) is 25.7 Å². The third-order valence-corrected chi connectivity index (χ3v) is 10.7. The smallest absolute Gasteiger partial charge is 0.338 e. The molecule has 0 saturated carbocycles. The summed E-state index contributed by atoms with van der Waals surface area (Å²) in [6, 6.07) is 20.7. The summed E-state index contributed by atoms with van der Waals surface area (Å²) in [6.07, 6.45) is 0. The molecule has 3 heterocycles. The Bertz CT molecular complexity index is 1900. The first kappa shape index (κ1) is 32.1. The van der Waals surface area contributed by atoms with Crippen LogP contribution in [0.5, 0.6) is 5.75 Å². The fourth-order valence-electron chi connectivity index (χ4n) is 5.83. The highest BCUT2D eigenvalue weighted by Crippen LogP contribution is 2.54. The van der Waals surface area contributed by atoms with Crippen LogP contribution in [0.2, 0.25) is 0 Å². The Morgan fingerprint density at radius 2 is 1.60 bits per heavy atom. The number of carbonyl (C=O) groups is 4. The number of nitrogens with one attached hydrogen (secondary N) is 1. The summed E-state index contributed by atoms with van der Waals surface area (Å²) in [7, 11) is 5.40. The van der Waals surface area contributed by atoms with Gasteiger partial charge in [-0.1, -0.05) is 35.2 Å². The molecule has 47 heavy (non-hydrogen) atoms. The molecule has 11 nitrogen and oxygen atoms in total. The number of hydrogen-bond acceptors (Lipinski definition) is 10. The number of thioether (sulfide) groups is 1. The summed E-state index contributed by atoms with van der Waals surface area (Å²) in [5.41, 5.74) is 2.92. The van der Waals surface area contributed by atoms with Crippen molar-refractivity contribution in [2.75, 3.05) is 42.9 Å². The van der Waals surface area contributed by atoms with E-state index < -0.39 is 40.8 Å². The highest BCUT2D eigenvalue weighted by Gasteiger charge is 2.56. The molecule has 1 saturated heterocycles. The quantitative estimate of drug-likeness (QED) is 0.201. The van der Waals surface area contributed by atoms with Crippen LogP contribution in [0, 0.1) is 5.92 Å². The number of imide groups is 1. The number of esters is 1. The predicted molar refractivity (Wildman–Crippen MR) is 181 cm³/mol. The van der Waals surface area contributed by atoms with Gasteiger partial charge in [0.25, 0.3) is 0 Å². The second-order valence-corrected chi connectivity index (χ2v) is 13.3. The first-order valence-corrected chi connectivity index (χ1v) is 16.6. The number of anilines is 3. The maximum atomic E-state index is 14.2. The summed E-state index contributed by atoms with van der Waals surface area (Å²) in [4.78, 5) is 70.4. The molecular formula is C34H32N4O7S2. The average molecular weight is 673 g/mol. The minimum absolute atomic E-state index is 0.222. The number of carbonyl (C=O) groups excluding carboxylic acids is 4. The van der Waals surface area contributed by atoms with Crippen molar-refractivity contribution in [1.82, 2.24) is 4.57 Å². The van der Waals surface area contributed by atoms with Gasteiger partial charge in [-0.25, -0.2) is 9.69 Å². The highest BCUT2D eigenvalue weighted by molar-refractivity contribution is 8.00. The lowest BCUT2D eigenvalue weighted by Gasteiger charge is -2.31.